The summed E-state index contributed by atoms with van der Waals surface area (Å²) >= 11 is 0. The first-order valence-corrected chi connectivity index (χ1v) is 3.90. The monoisotopic (exact) mass is 187 g/mol. The zero-order valence-corrected chi connectivity index (χ0v) is 6.31. The van der Waals surface area contributed by atoms with E-state index in [0.717, 1.165) is 0 Å². The average Bonchev–Trinajstić information content (AvgIpc) is 1.83. The quantitative estimate of drug-likeness (QED) is 0.369. The molecule has 0 spiro atoms. The van der Waals surface area contributed by atoms with Crippen molar-refractivity contribution in [2.75, 3.05) is 13.2 Å². The zero-order chi connectivity index (χ0) is 9.49. The van der Waals surface area contributed by atoms with E-state index in [4.69, 9.17) is 34.6 Å². The first-order valence-electron chi connectivity index (χ1n) is 2.44. The highest BCUT2D eigenvalue weighted by Gasteiger charge is 1.93. The summed E-state index contributed by atoms with van der Waals surface area (Å²) in [6.45, 7) is -0.729. The fourth-order valence-electron chi connectivity index (χ4n) is 0.0577. The van der Waals surface area contributed by atoms with Crippen molar-refractivity contribution < 1.29 is 34.6 Å². The van der Waals surface area contributed by atoms with E-state index >= 15 is 0 Å². The molecule has 3 N–H and O–H groups in total. The van der Waals surface area contributed by atoms with Gasteiger partial charge in [0, 0.05) is 0 Å². The molecule has 8 heteroatoms. The van der Waals surface area contributed by atoms with Crippen molar-refractivity contribution in [3.05, 3.63) is 0 Å². The summed E-state index contributed by atoms with van der Waals surface area (Å²) in [6, 6.07) is 0. The predicted octanol–water partition coefficient (Wildman–Crippen LogP) is -4.49. The molecule has 0 amide bonds. The molecular weight excluding hydrogens is 179 g/mol. The van der Waals surface area contributed by atoms with Gasteiger partial charge in [0.2, 0.25) is 0 Å². The summed E-state index contributed by atoms with van der Waals surface area (Å²) in [4.78, 5) is 25.6. The first kappa shape index (κ1) is 13.6. The molecule has 0 heterocycles. The predicted molar refractivity (Wildman–Crippen MR) is 27.8 cm³/mol. The van der Waals surface area contributed by atoms with Crippen molar-refractivity contribution in [1.82, 2.24) is 0 Å². The van der Waals surface area contributed by atoms with Crippen molar-refractivity contribution in [2.24, 2.45) is 0 Å². The summed E-state index contributed by atoms with van der Waals surface area (Å²) in [5.74, 6) is 0. The number of phosphoric acid groups is 1. The van der Waals surface area contributed by atoms with Gasteiger partial charge in [-0.25, -0.2) is 0 Å². The van der Waals surface area contributed by atoms with Crippen LogP contribution in [0.5, 0.6) is 0 Å². The molecule has 0 fully saturated rings. The van der Waals surface area contributed by atoms with Crippen LogP contribution in [-0.4, -0.2) is 34.6 Å². The molecule has 0 atom stereocenters. The lowest BCUT2D eigenvalue weighted by Crippen LogP contribution is -2.24. The van der Waals surface area contributed by atoms with E-state index in [0.29, 0.717) is 0 Å². The van der Waals surface area contributed by atoms with Crippen LogP contribution in [0.15, 0.2) is 0 Å². The van der Waals surface area contributed by atoms with E-state index in [2.05, 4.69) is 0 Å². The van der Waals surface area contributed by atoms with Gasteiger partial charge in [-0.05, 0) is 0 Å². The van der Waals surface area contributed by atoms with E-state index in [1.807, 2.05) is 0 Å². The van der Waals surface area contributed by atoms with Crippen molar-refractivity contribution in [3.8, 4) is 0 Å². The molecule has 0 rings (SSSR count). The third-order valence-corrected chi connectivity index (χ3v) is 0.421. The molecule has 0 bridgehead atoms. The van der Waals surface area contributed by atoms with Gasteiger partial charge in [0.15, 0.2) is 0 Å². The van der Waals surface area contributed by atoms with Gasteiger partial charge in [0.1, 0.15) is 6.10 Å². The number of rotatable bonds is 2. The third-order valence-electron chi connectivity index (χ3n) is 0.421. The van der Waals surface area contributed by atoms with Crippen molar-refractivity contribution in [3.63, 3.8) is 0 Å². The van der Waals surface area contributed by atoms with Crippen LogP contribution >= 0.6 is 7.82 Å². The molecule has 0 unspecified atom stereocenters. The second kappa shape index (κ2) is 6.68. The number of hydrogen-bond acceptors (Lipinski definition) is 7. The maximum Gasteiger partial charge on any atom is 0.100 e. The Bertz CT molecular complexity index is 107. The topological polar surface area (TPSA) is 147 Å². The highest BCUT2D eigenvalue weighted by atomic mass is 31.2. The van der Waals surface area contributed by atoms with Crippen LogP contribution in [0.3, 0.4) is 0 Å². The molecule has 0 aromatic heterocycles. The van der Waals surface area contributed by atoms with Crippen LogP contribution in [0.2, 0.25) is 0 Å². The second-order valence-electron chi connectivity index (χ2n) is 1.47. The summed E-state index contributed by atoms with van der Waals surface area (Å²) in [5.41, 5.74) is 0. The van der Waals surface area contributed by atoms with E-state index in [-0.39, 0.29) is 13.2 Å². The van der Waals surface area contributed by atoms with Crippen LogP contribution in [0.25, 0.3) is 0 Å². The molecule has 0 radical (unpaired) electrons. The zero-order valence-electron chi connectivity index (χ0n) is 5.41. The second-order valence-corrected chi connectivity index (χ2v) is 2.36. The third kappa shape index (κ3) is 40.1. The fourth-order valence-corrected chi connectivity index (χ4v) is 0.0577. The minimum atomic E-state index is -5.39. The molecular formula is C3H8O7P-3. The number of aliphatic hydroxyl groups is 3. The molecule has 11 heavy (non-hydrogen) atoms. The van der Waals surface area contributed by atoms with E-state index in [1.54, 1.807) is 0 Å². The Labute approximate surface area is 62.8 Å². The molecule has 0 aliphatic heterocycles. The van der Waals surface area contributed by atoms with Crippen LogP contribution in [0.1, 0.15) is 0 Å². The van der Waals surface area contributed by atoms with Gasteiger partial charge in [0.05, 0.1) is 13.2 Å². The minimum absolute atomic E-state index is 0.365. The fraction of sp³-hybridized carbons (Fsp3) is 1.00. The van der Waals surface area contributed by atoms with E-state index < -0.39 is 13.9 Å². The van der Waals surface area contributed by atoms with Gasteiger partial charge >= 0.3 is 0 Å². The van der Waals surface area contributed by atoms with Crippen molar-refractivity contribution >= 4 is 7.82 Å². The standard InChI is InChI=1S/C3H8O3.H3O4P/c4-1-3(6)2-5;1-5(2,3)4/h3-6H,1-2H2;(H3,1,2,3,4)/p-3. The summed E-state index contributed by atoms with van der Waals surface area (Å²) in [5, 5.41) is 24.0. The van der Waals surface area contributed by atoms with Gasteiger partial charge in [-0.15, -0.1) is 0 Å². The van der Waals surface area contributed by atoms with Crippen LogP contribution in [-0.2, 0) is 4.57 Å². The Kier molecular flexibility index (Phi) is 8.25. The Hall–Kier alpha value is -0.0100. The lowest BCUT2D eigenvalue weighted by atomic mass is 10.4. The lowest BCUT2D eigenvalue weighted by Gasteiger charge is -2.36. The summed E-state index contributed by atoms with van der Waals surface area (Å²) < 4.78 is 8.55. The maximum absolute atomic E-state index is 8.55. The van der Waals surface area contributed by atoms with E-state index in [9.17, 15) is 0 Å². The van der Waals surface area contributed by atoms with E-state index in [1.165, 1.54) is 0 Å². The SMILES string of the molecule is O=P([O-])([O-])[O-].OCC(O)CO. The molecule has 0 aromatic carbocycles. The van der Waals surface area contributed by atoms with Gasteiger partial charge in [-0.2, -0.15) is 7.82 Å². The van der Waals surface area contributed by atoms with Crippen LogP contribution < -0.4 is 14.7 Å². The minimum Gasteiger partial charge on any atom is -0.822 e. The molecule has 70 valence electrons. The summed E-state index contributed by atoms with van der Waals surface area (Å²) in [6.07, 6.45) is -0.954. The van der Waals surface area contributed by atoms with Crippen molar-refractivity contribution in [1.29, 1.82) is 0 Å². The van der Waals surface area contributed by atoms with Crippen LogP contribution in [0, 0.1) is 0 Å². The maximum atomic E-state index is 8.55. The largest absolute Gasteiger partial charge is 0.822 e. The first-order chi connectivity index (χ1) is 4.81. The molecule has 0 saturated heterocycles. The van der Waals surface area contributed by atoms with Crippen LogP contribution in [0.4, 0.5) is 0 Å². The molecule has 0 aromatic rings. The molecule has 0 saturated carbocycles. The summed E-state index contributed by atoms with van der Waals surface area (Å²) in [7, 11) is -5.39. The van der Waals surface area contributed by atoms with Gasteiger partial charge < -0.3 is 34.6 Å². The van der Waals surface area contributed by atoms with Crippen molar-refractivity contribution in [2.45, 2.75) is 6.10 Å². The number of hydrogen-bond donors (Lipinski definition) is 3. The van der Waals surface area contributed by atoms with Gasteiger partial charge in [0.25, 0.3) is 0 Å². The highest BCUT2D eigenvalue weighted by Crippen LogP contribution is 2.03. The average molecular weight is 187 g/mol. The Balaban J connectivity index is 0. The normalized spacial score (nSPS) is 10.8. The van der Waals surface area contributed by atoms with Gasteiger partial charge in [-0.1, -0.05) is 0 Å². The number of aliphatic hydroxyl groups excluding tert-OH is 3. The Morgan fingerprint density at radius 1 is 1.18 bits per heavy atom. The Morgan fingerprint density at radius 2 is 1.36 bits per heavy atom. The van der Waals surface area contributed by atoms with Gasteiger partial charge in [-0.3, -0.25) is 0 Å². The lowest BCUT2D eigenvalue weighted by molar-refractivity contribution is -0.432. The molecule has 0 aliphatic carbocycles. The molecule has 0 aliphatic rings. The molecule has 7 nitrogen and oxygen atoms in total. The highest BCUT2D eigenvalue weighted by molar-refractivity contribution is 7.40. The Morgan fingerprint density at radius 3 is 1.36 bits per heavy atom. The smallest absolute Gasteiger partial charge is 0.100 e.